The molecule has 3 rings (SSSR count). The summed E-state index contributed by atoms with van der Waals surface area (Å²) in [7, 11) is 0. The number of hydrogen-bond donors (Lipinski definition) is 2. The van der Waals surface area contributed by atoms with Gasteiger partial charge in [-0.2, -0.15) is 0 Å². The summed E-state index contributed by atoms with van der Waals surface area (Å²) in [5, 5.41) is 2.83. The van der Waals surface area contributed by atoms with Crippen LogP contribution in [0, 0.1) is 6.92 Å². The number of amides is 1. The smallest absolute Gasteiger partial charge is 0.228 e. The van der Waals surface area contributed by atoms with Crippen LogP contribution in [0.3, 0.4) is 0 Å². The van der Waals surface area contributed by atoms with Crippen molar-refractivity contribution in [2.75, 3.05) is 5.32 Å². The lowest BCUT2D eigenvalue weighted by molar-refractivity contribution is -0.115. The molecule has 0 fully saturated rings. The molecule has 3 N–H and O–H groups in total. The van der Waals surface area contributed by atoms with Crippen LogP contribution >= 0.6 is 27.3 Å². The molecule has 5 heteroatoms. The Labute approximate surface area is 124 Å². The first-order valence-corrected chi connectivity index (χ1v) is 7.59. The summed E-state index contributed by atoms with van der Waals surface area (Å²) < 4.78 is 1.12. The number of nitrogens with one attached hydrogen (secondary N) is 1. The average Bonchev–Trinajstić information content (AvgIpc) is 2.90. The molecule has 98 valence electrons. The van der Waals surface area contributed by atoms with E-state index in [1.54, 1.807) is 11.3 Å². The number of rotatable bonds is 2. The normalized spacial score (nSPS) is 15.2. The van der Waals surface area contributed by atoms with Gasteiger partial charge in [0.1, 0.15) is 0 Å². The minimum absolute atomic E-state index is 0.0513. The molecule has 1 aliphatic rings. The summed E-state index contributed by atoms with van der Waals surface area (Å²) in [4.78, 5) is 12.5. The van der Waals surface area contributed by atoms with E-state index in [-0.39, 0.29) is 11.9 Å². The van der Waals surface area contributed by atoms with Crippen molar-refractivity contribution < 1.29 is 4.79 Å². The Kier molecular flexibility index (Phi) is 3.20. The molecule has 0 saturated carbocycles. The summed E-state index contributed by atoms with van der Waals surface area (Å²) in [5.74, 6) is 0.0513. The van der Waals surface area contributed by atoms with Crippen LogP contribution in [0.2, 0.25) is 0 Å². The Balaban J connectivity index is 1.94. The van der Waals surface area contributed by atoms with Crippen molar-refractivity contribution in [3.63, 3.8) is 0 Å². The van der Waals surface area contributed by atoms with E-state index in [2.05, 4.69) is 34.2 Å². The molecule has 0 aliphatic carbocycles. The van der Waals surface area contributed by atoms with Crippen molar-refractivity contribution in [2.45, 2.75) is 19.4 Å². The van der Waals surface area contributed by atoms with E-state index >= 15 is 0 Å². The predicted molar refractivity (Wildman–Crippen MR) is 81.6 cm³/mol. The number of aryl methyl sites for hydroxylation is 1. The summed E-state index contributed by atoms with van der Waals surface area (Å²) >= 11 is 5.18. The minimum atomic E-state index is -0.143. The van der Waals surface area contributed by atoms with Gasteiger partial charge in [0.2, 0.25) is 5.91 Å². The van der Waals surface area contributed by atoms with Crippen molar-refractivity contribution in [3.8, 4) is 0 Å². The second-order valence-corrected chi connectivity index (χ2v) is 7.13. The Bertz CT molecular complexity index is 646. The summed E-state index contributed by atoms with van der Waals surface area (Å²) in [6.07, 6.45) is 0.447. The zero-order valence-corrected chi connectivity index (χ0v) is 12.8. The maximum Gasteiger partial charge on any atom is 0.228 e. The van der Waals surface area contributed by atoms with Crippen LogP contribution in [0.5, 0.6) is 0 Å². The molecule has 0 radical (unpaired) electrons. The molecule has 19 heavy (non-hydrogen) atoms. The van der Waals surface area contributed by atoms with Gasteiger partial charge in [-0.25, -0.2) is 0 Å². The van der Waals surface area contributed by atoms with Gasteiger partial charge in [0.15, 0.2) is 0 Å². The Morgan fingerprint density at radius 3 is 2.89 bits per heavy atom. The van der Waals surface area contributed by atoms with E-state index in [0.29, 0.717) is 6.42 Å². The van der Waals surface area contributed by atoms with E-state index < -0.39 is 0 Å². The monoisotopic (exact) mass is 336 g/mol. The van der Waals surface area contributed by atoms with Gasteiger partial charge in [-0.1, -0.05) is 12.1 Å². The number of benzene rings is 1. The number of halogens is 1. The summed E-state index contributed by atoms with van der Waals surface area (Å²) in [5.41, 5.74) is 10.5. The lowest BCUT2D eigenvalue weighted by Gasteiger charge is -2.11. The molecule has 1 aromatic heterocycles. The Hall–Kier alpha value is -1.17. The lowest BCUT2D eigenvalue weighted by atomic mass is 10.0. The van der Waals surface area contributed by atoms with E-state index in [9.17, 15) is 4.79 Å². The molecule has 0 saturated heterocycles. The number of carbonyl (C=O) groups is 1. The highest BCUT2D eigenvalue weighted by Crippen LogP contribution is 2.34. The van der Waals surface area contributed by atoms with Gasteiger partial charge in [0.25, 0.3) is 0 Å². The summed E-state index contributed by atoms with van der Waals surface area (Å²) in [6.45, 7) is 2.06. The SMILES string of the molecule is Cc1cc(C(N)c2ccc3c(c2)CC(=O)N3)sc1Br. The molecule has 0 bridgehead atoms. The molecule has 1 amide bonds. The first-order valence-electron chi connectivity index (χ1n) is 5.98. The van der Waals surface area contributed by atoms with Crippen LogP contribution in [-0.4, -0.2) is 5.91 Å². The lowest BCUT2D eigenvalue weighted by Crippen LogP contribution is -2.10. The molecule has 1 aliphatic heterocycles. The molecule has 1 aromatic carbocycles. The second-order valence-electron chi connectivity index (χ2n) is 4.72. The van der Waals surface area contributed by atoms with Gasteiger partial charge in [0, 0.05) is 10.6 Å². The third-order valence-corrected chi connectivity index (χ3v) is 5.52. The maximum atomic E-state index is 11.4. The molecule has 1 unspecified atom stereocenters. The van der Waals surface area contributed by atoms with Gasteiger partial charge in [-0.15, -0.1) is 11.3 Å². The molecule has 2 aromatic rings. The average molecular weight is 337 g/mol. The molecule has 1 atom stereocenters. The molecular formula is C14H13BrN2OS. The van der Waals surface area contributed by atoms with Crippen molar-refractivity contribution in [1.82, 2.24) is 0 Å². The maximum absolute atomic E-state index is 11.4. The van der Waals surface area contributed by atoms with Crippen LogP contribution < -0.4 is 11.1 Å². The molecule has 0 spiro atoms. The van der Waals surface area contributed by atoms with Gasteiger partial charge >= 0.3 is 0 Å². The van der Waals surface area contributed by atoms with Crippen molar-refractivity contribution in [3.05, 3.63) is 49.6 Å². The van der Waals surface area contributed by atoms with Crippen LogP contribution in [-0.2, 0) is 11.2 Å². The van der Waals surface area contributed by atoms with Gasteiger partial charge in [-0.3, -0.25) is 4.79 Å². The highest BCUT2D eigenvalue weighted by Gasteiger charge is 2.20. The fourth-order valence-electron chi connectivity index (χ4n) is 2.24. The van der Waals surface area contributed by atoms with Gasteiger partial charge in [0.05, 0.1) is 16.2 Å². The number of hydrogen-bond acceptors (Lipinski definition) is 3. The van der Waals surface area contributed by atoms with E-state index in [1.165, 1.54) is 5.56 Å². The zero-order valence-electron chi connectivity index (χ0n) is 10.4. The number of anilines is 1. The standard InChI is InChI=1S/C14H13BrN2OS/c1-7-4-11(19-14(7)15)13(16)8-2-3-10-9(5-8)6-12(18)17-10/h2-5,13H,6,16H2,1H3,(H,17,18). The van der Waals surface area contributed by atoms with Gasteiger partial charge < -0.3 is 11.1 Å². The molecule has 2 heterocycles. The number of carbonyl (C=O) groups excluding carboxylic acids is 1. The highest BCUT2D eigenvalue weighted by atomic mass is 79.9. The van der Waals surface area contributed by atoms with Crippen LogP contribution in [0.1, 0.15) is 27.6 Å². The first-order chi connectivity index (χ1) is 9.04. The molecular weight excluding hydrogens is 324 g/mol. The van der Waals surface area contributed by atoms with E-state index in [4.69, 9.17) is 5.73 Å². The van der Waals surface area contributed by atoms with E-state index in [0.717, 1.165) is 25.5 Å². The fourth-order valence-corrected chi connectivity index (χ4v) is 3.84. The van der Waals surface area contributed by atoms with Crippen LogP contribution in [0.15, 0.2) is 28.1 Å². The first kappa shape index (κ1) is 12.8. The highest BCUT2D eigenvalue weighted by molar-refractivity contribution is 9.11. The van der Waals surface area contributed by atoms with Crippen LogP contribution in [0.25, 0.3) is 0 Å². The largest absolute Gasteiger partial charge is 0.326 e. The zero-order chi connectivity index (χ0) is 13.6. The third-order valence-electron chi connectivity index (χ3n) is 3.30. The van der Waals surface area contributed by atoms with Crippen molar-refractivity contribution in [2.24, 2.45) is 5.73 Å². The number of fused-ring (bicyclic) bond motifs is 1. The number of nitrogens with two attached hydrogens (primary N) is 1. The van der Waals surface area contributed by atoms with E-state index in [1.807, 2.05) is 18.2 Å². The number of thiophene rings is 1. The Morgan fingerprint density at radius 1 is 1.42 bits per heavy atom. The minimum Gasteiger partial charge on any atom is -0.326 e. The second kappa shape index (κ2) is 4.74. The summed E-state index contributed by atoms with van der Waals surface area (Å²) in [6, 6.07) is 7.91. The molecule has 3 nitrogen and oxygen atoms in total. The van der Waals surface area contributed by atoms with Gasteiger partial charge in [-0.05, 0) is 51.7 Å². The fraction of sp³-hybridized carbons (Fsp3) is 0.214. The predicted octanol–water partition coefficient (Wildman–Crippen LogP) is 3.36. The topological polar surface area (TPSA) is 55.1 Å². The van der Waals surface area contributed by atoms with Crippen molar-refractivity contribution >= 4 is 38.9 Å². The van der Waals surface area contributed by atoms with Crippen LogP contribution in [0.4, 0.5) is 5.69 Å². The Morgan fingerprint density at radius 2 is 2.21 bits per heavy atom. The quantitative estimate of drug-likeness (QED) is 0.883. The third kappa shape index (κ3) is 2.33. The van der Waals surface area contributed by atoms with Crippen molar-refractivity contribution in [1.29, 1.82) is 0 Å².